The van der Waals surface area contributed by atoms with E-state index in [0.717, 1.165) is 24.8 Å². The van der Waals surface area contributed by atoms with Gasteiger partial charge in [0.25, 0.3) is 0 Å². The van der Waals surface area contributed by atoms with Gasteiger partial charge in [0.15, 0.2) is 0 Å². The van der Waals surface area contributed by atoms with Crippen LogP contribution in [-0.2, 0) is 11.2 Å². The minimum absolute atomic E-state index is 0.322. The third kappa shape index (κ3) is 4.92. The molecule has 0 spiro atoms. The Hall–Kier alpha value is -1.37. The molecule has 0 aromatic heterocycles. The number of allylic oxidation sites excluding steroid dienone is 1. The standard InChI is InChI=1S/C15H20O/c1-3-13(2)12-15(16)11-7-10-14-8-5-4-6-9-14/h4-6,8-9H,2-3,7,10-12H2,1H3. The lowest BCUT2D eigenvalue weighted by molar-refractivity contribution is -0.118. The van der Waals surface area contributed by atoms with E-state index in [-0.39, 0.29) is 0 Å². The van der Waals surface area contributed by atoms with Gasteiger partial charge in [-0.25, -0.2) is 0 Å². The first-order chi connectivity index (χ1) is 7.72. The van der Waals surface area contributed by atoms with Crippen molar-refractivity contribution in [2.24, 2.45) is 0 Å². The normalized spacial score (nSPS) is 10.1. The van der Waals surface area contributed by atoms with Crippen LogP contribution >= 0.6 is 0 Å². The number of carbonyl (C=O) groups excluding carboxylic acids is 1. The van der Waals surface area contributed by atoms with Crippen LogP contribution in [0.4, 0.5) is 0 Å². The number of hydrogen-bond donors (Lipinski definition) is 0. The summed E-state index contributed by atoms with van der Waals surface area (Å²) in [6.45, 7) is 5.90. The van der Waals surface area contributed by atoms with Crippen LogP contribution in [0.15, 0.2) is 42.5 Å². The highest BCUT2D eigenvalue weighted by atomic mass is 16.1. The Kier molecular flexibility index (Phi) is 5.55. The first kappa shape index (κ1) is 12.7. The van der Waals surface area contributed by atoms with Crippen LogP contribution in [0.2, 0.25) is 0 Å². The lowest BCUT2D eigenvalue weighted by Gasteiger charge is -2.02. The second-order valence-corrected chi connectivity index (χ2v) is 4.16. The highest BCUT2D eigenvalue weighted by Gasteiger charge is 2.03. The number of carbonyl (C=O) groups is 1. The Morgan fingerprint density at radius 3 is 2.56 bits per heavy atom. The second-order valence-electron chi connectivity index (χ2n) is 4.16. The highest BCUT2D eigenvalue weighted by molar-refractivity contribution is 5.80. The van der Waals surface area contributed by atoms with Crippen molar-refractivity contribution in [3.63, 3.8) is 0 Å². The zero-order valence-electron chi connectivity index (χ0n) is 10.0. The first-order valence-corrected chi connectivity index (χ1v) is 5.94. The van der Waals surface area contributed by atoms with Gasteiger partial charge in [0, 0.05) is 12.8 Å². The average Bonchev–Trinajstić information content (AvgIpc) is 2.30. The fourth-order valence-corrected chi connectivity index (χ4v) is 1.63. The maximum Gasteiger partial charge on any atom is 0.136 e. The molecule has 0 unspecified atom stereocenters. The van der Waals surface area contributed by atoms with Crippen molar-refractivity contribution in [1.82, 2.24) is 0 Å². The van der Waals surface area contributed by atoms with E-state index in [1.165, 1.54) is 5.56 Å². The molecule has 86 valence electrons. The monoisotopic (exact) mass is 216 g/mol. The van der Waals surface area contributed by atoms with Gasteiger partial charge in [-0.05, 0) is 24.8 Å². The molecular formula is C15H20O. The SMILES string of the molecule is C=C(CC)CC(=O)CCCc1ccccc1. The van der Waals surface area contributed by atoms with Gasteiger partial charge in [0.05, 0.1) is 0 Å². The fraction of sp³-hybridized carbons (Fsp3) is 0.400. The van der Waals surface area contributed by atoms with Crippen molar-refractivity contribution in [2.45, 2.75) is 39.0 Å². The van der Waals surface area contributed by atoms with Gasteiger partial charge < -0.3 is 0 Å². The molecular weight excluding hydrogens is 196 g/mol. The number of ketones is 1. The number of Topliss-reactive ketones (excluding diaryl/α,β-unsaturated/α-hetero) is 1. The van der Waals surface area contributed by atoms with E-state index in [0.29, 0.717) is 18.6 Å². The maximum atomic E-state index is 11.5. The smallest absolute Gasteiger partial charge is 0.136 e. The quantitative estimate of drug-likeness (QED) is 0.631. The van der Waals surface area contributed by atoms with Gasteiger partial charge in [-0.15, -0.1) is 0 Å². The minimum atomic E-state index is 0.322. The van der Waals surface area contributed by atoms with Gasteiger partial charge in [0.1, 0.15) is 5.78 Å². The summed E-state index contributed by atoms with van der Waals surface area (Å²) in [6, 6.07) is 10.3. The first-order valence-electron chi connectivity index (χ1n) is 5.94. The lowest BCUT2D eigenvalue weighted by Crippen LogP contribution is -2.00. The molecule has 1 aromatic rings. The largest absolute Gasteiger partial charge is 0.299 e. The predicted molar refractivity (Wildman–Crippen MR) is 68.4 cm³/mol. The van der Waals surface area contributed by atoms with Crippen molar-refractivity contribution in [1.29, 1.82) is 0 Å². The number of hydrogen-bond acceptors (Lipinski definition) is 1. The van der Waals surface area contributed by atoms with Crippen molar-refractivity contribution < 1.29 is 4.79 Å². The van der Waals surface area contributed by atoms with Crippen LogP contribution in [0.3, 0.4) is 0 Å². The zero-order chi connectivity index (χ0) is 11.8. The molecule has 0 saturated heterocycles. The summed E-state index contributed by atoms with van der Waals surface area (Å²) in [5.74, 6) is 0.322. The third-order valence-corrected chi connectivity index (χ3v) is 2.71. The van der Waals surface area contributed by atoms with Crippen LogP contribution in [0.5, 0.6) is 0 Å². The van der Waals surface area contributed by atoms with Gasteiger partial charge in [0.2, 0.25) is 0 Å². The molecule has 0 atom stereocenters. The number of rotatable bonds is 7. The van der Waals surface area contributed by atoms with Crippen LogP contribution in [0.1, 0.15) is 38.2 Å². The van der Waals surface area contributed by atoms with E-state index >= 15 is 0 Å². The van der Waals surface area contributed by atoms with Crippen LogP contribution in [0.25, 0.3) is 0 Å². The highest BCUT2D eigenvalue weighted by Crippen LogP contribution is 2.09. The van der Waals surface area contributed by atoms with Gasteiger partial charge in [-0.2, -0.15) is 0 Å². The molecule has 0 N–H and O–H groups in total. The van der Waals surface area contributed by atoms with Crippen molar-refractivity contribution in [2.75, 3.05) is 0 Å². The summed E-state index contributed by atoms with van der Waals surface area (Å²) in [5, 5.41) is 0. The van der Waals surface area contributed by atoms with Gasteiger partial charge >= 0.3 is 0 Å². The van der Waals surface area contributed by atoms with E-state index in [4.69, 9.17) is 0 Å². The van der Waals surface area contributed by atoms with Crippen molar-refractivity contribution in [3.8, 4) is 0 Å². The minimum Gasteiger partial charge on any atom is -0.299 e. The Balaban J connectivity index is 2.21. The zero-order valence-corrected chi connectivity index (χ0v) is 10.0. The van der Waals surface area contributed by atoms with E-state index in [9.17, 15) is 4.79 Å². The fourth-order valence-electron chi connectivity index (χ4n) is 1.63. The van der Waals surface area contributed by atoms with E-state index in [2.05, 4.69) is 18.7 Å². The van der Waals surface area contributed by atoms with E-state index in [1.807, 2.05) is 25.1 Å². The molecule has 0 bridgehead atoms. The Bertz CT molecular complexity index is 338. The molecule has 1 nitrogen and oxygen atoms in total. The summed E-state index contributed by atoms with van der Waals surface area (Å²) in [7, 11) is 0. The summed E-state index contributed by atoms with van der Waals surface area (Å²) >= 11 is 0. The molecule has 0 aliphatic heterocycles. The Morgan fingerprint density at radius 1 is 1.25 bits per heavy atom. The molecule has 0 aliphatic rings. The second kappa shape index (κ2) is 7.00. The van der Waals surface area contributed by atoms with Crippen LogP contribution < -0.4 is 0 Å². The topological polar surface area (TPSA) is 17.1 Å². The third-order valence-electron chi connectivity index (χ3n) is 2.71. The molecule has 0 fully saturated rings. The van der Waals surface area contributed by atoms with Gasteiger partial charge in [-0.1, -0.05) is 49.4 Å². The Morgan fingerprint density at radius 2 is 1.94 bits per heavy atom. The summed E-state index contributed by atoms with van der Waals surface area (Å²) < 4.78 is 0. The average molecular weight is 216 g/mol. The van der Waals surface area contributed by atoms with E-state index < -0.39 is 0 Å². The summed E-state index contributed by atoms with van der Waals surface area (Å²) in [6.07, 6.45) is 4.08. The summed E-state index contributed by atoms with van der Waals surface area (Å²) in [5.41, 5.74) is 2.36. The molecule has 0 heterocycles. The molecule has 1 heteroatoms. The number of benzene rings is 1. The van der Waals surface area contributed by atoms with E-state index in [1.54, 1.807) is 0 Å². The van der Waals surface area contributed by atoms with Crippen molar-refractivity contribution >= 4 is 5.78 Å². The van der Waals surface area contributed by atoms with Crippen LogP contribution in [-0.4, -0.2) is 5.78 Å². The lowest BCUT2D eigenvalue weighted by atomic mass is 10.0. The molecule has 1 rings (SSSR count). The summed E-state index contributed by atoms with van der Waals surface area (Å²) in [4.78, 5) is 11.5. The maximum absolute atomic E-state index is 11.5. The molecule has 0 saturated carbocycles. The molecule has 1 aromatic carbocycles. The molecule has 0 aliphatic carbocycles. The van der Waals surface area contributed by atoms with Crippen LogP contribution in [0, 0.1) is 0 Å². The molecule has 0 amide bonds. The Labute approximate surface area is 98.2 Å². The predicted octanol–water partition coefficient (Wildman–Crippen LogP) is 3.93. The number of aryl methyl sites for hydroxylation is 1. The van der Waals surface area contributed by atoms with Gasteiger partial charge in [-0.3, -0.25) is 4.79 Å². The van der Waals surface area contributed by atoms with Crippen molar-refractivity contribution in [3.05, 3.63) is 48.0 Å². The molecule has 16 heavy (non-hydrogen) atoms. The molecule has 0 radical (unpaired) electrons.